The van der Waals surface area contributed by atoms with E-state index >= 15 is 0 Å². The van der Waals surface area contributed by atoms with Crippen LogP contribution in [-0.4, -0.2) is 5.78 Å². The third kappa shape index (κ3) is 1.60. The predicted octanol–water partition coefficient (Wildman–Crippen LogP) is 2.73. The molecule has 1 heteroatoms. The molecule has 2 bridgehead atoms. The zero-order chi connectivity index (χ0) is 9.42. The Morgan fingerprint density at radius 3 is 2.54 bits per heavy atom. The van der Waals surface area contributed by atoms with Crippen molar-refractivity contribution in [2.45, 2.75) is 26.7 Å². The van der Waals surface area contributed by atoms with Gasteiger partial charge in [0.2, 0.25) is 0 Å². The molecule has 1 nitrogen and oxygen atoms in total. The van der Waals surface area contributed by atoms with E-state index in [-0.39, 0.29) is 0 Å². The number of fused-ring (bicyclic) bond motifs is 2. The molecule has 0 aromatic heterocycles. The maximum Gasteiger partial charge on any atom is 0.159 e. The number of rotatable bonds is 2. The van der Waals surface area contributed by atoms with Gasteiger partial charge in [-0.05, 0) is 44.6 Å². The molecule has 2 aliphatic carbocycles. The average molecular weight is 176 g/mol. The van der Waals surface area contributed by atoms with Crippen LogP contribution in [-0.2, 0) is 4.79 Å². The lowest BCUT2D eigenvalue weighted by Crippen LogP contribution is -2.16. The Balaban J connectivity index is 2.07. The first-order valence-electron chi connectivity index (χ1n) is 5.04. The highest BCUT2D eigenvalue weighted by molar-refractivity contribution is 5.93. The van der Waals surface area contributed by atoms with Gasteiger partial charge >= 0.3 is 0 Å². The van der Waals surface area contributed by atoms with Gasteiger partial charge in [-0.25, -0.2) is 0 Å². The van der Waals surface area contributed by atoms with Gasteiger partial charge in [0.05, 0.1) is 0 Å². The molecule has 0 heterocycles. The topological polar surface area (TPSA) is 17.1 Å². The van der Waals surface area contributed by atoms with Crippen molar-refractivity contribution in [1.82, 2.24) is 0 Å². The fourth-order valence-corrected chi connectivity index (χ4v) is 2.50. The molecule has 2 rings (SSSR count). The third-order valence-corrected chi connectivity index (χ3v) is 3.08. The fraction of sp³-hybridized carbons (Fsp3) is 0.583. The summed E-state index contributed by atoms with van der Waals surface area (Å²) in [6.07, 6.45) is 8.61. The van der Waals surface area contributed by atoms with E-state index < -0.39 is 0 Å². The van der Waals surface area contributed by atoms with Crippen LogP contribution in [0.1, 0.15) is 26.7 Å². The second-order valence-corrected chi connectivity index (χ2v) is 4.51. The Hall–Kier alpha value is -0.850. The van der Waals surface area contributed by atoms with Crippen molar-refractivity contribution < 1.29 is 4.79 Å². The summed E-state index contributed by atoms with van der Waals surface area (Å²) in [5.74, 6) is 1.89. The van der Waals surface area contributed by atoms with Crippen LogP contribution in [0.2, 0.25) is 0 Å². The Morgan fingerprint density at radius 1 is 1.31 bits per heavy atom. The van der Waals surface area contributed by atoms with Crippen molar-refractivity contribution >= 4 is 5.78 Å². The van der Waals surface area contributed by atoms with Gasteiger partial charge in [-0.15, -0.1) is 0 Å². The van der Waals surface area contributed by atoms with Crippen LogP contribution < -0.4 is 0 Å². The highest BCUT2D eigenvalue weighted by Gasteiger charge is 2.38. The van der Waals surface area contributed by atoms with Gasteiger partial charge < -0.3 is 0 Å². The van der Waals surface area contributed by atoms with E-state index in [2.05, 4.69) is 12.2 Å². The first-order chi connectivity index (χ1) is 6.16. The molecule has 0 N–H and O–H groups in total. The highest BCUT2D eigenvalue weighted by Crippen LogP contribution is 2.43. The highest BCUT2D eigenvalue weighted by atomic mass is 16.1. The Labute approximate surface area is 79.5 Å². The quantitative estimate of drug-likeness (QED) is 0.467. The molecule has 3 atom stereocenters. The third-order valence-electron chi connectivity index (χ3n) is 3.08. The number of ketones is 1. The largest absolute Gasteiger partial charge is 0.295 e. The van der Waals surface area contributed by atoms with Crippen molar-refractivity contribution in [3.05, 3.63) is 23.8 Å². The van der Waals surface area contributed by atoms with E-state index in [0.29, 0.717) is 23.5 Å². The second-order valence-electron chi connectivity index (χ2n) is 4.51. The van der Waals surface area contributed by atoms with Crippen LogP contribution in [0.15, 0.2) is 23.8 Å². The molecular formula is C12H16O. The van der Waals surface area contributed by atoms with Gasteiger partial charge in [0.1, 0.15) is 0 Å². The van der Waals surface area contributed by atoms with Crippen molar-refractivity contribution in [2.75, 3.05) is 0 Å². The maximum absolute atomic E-state index is 11.7. The summed E-state index contributed by atoms with van der Waals surface area (Å²) >= 11 is 0. The Morgan fingerprint density at radius 2 is 2.08 bits per heavy atom. The van der Waals surface area contributed by atoms with Crippen molar-refractivity contribution in [3.8, 4) is 0 Å². The van der Waals surface area contributed by atoms with E-state index in [1.54, 1.807) is 6.08 Å². The zero-order valence-corrected chi connectivity index (χ0v) is 8.29. The monoisotopic (exact) mass is 176 g/mol. The first kappa shape index (κ1) is 8.74. The van der Waals surface area contributed by atoms with Gasteiger partial charge in [0.25, 0.3) is 0 Å². The lowest BCUT2D eigenvalue weighted by Gasteiger charge is -2.14. The molecule has 0 aromatic carbocycles. The number of allylic oxidation sites excluding steroid dienone is 4. The summed E-state index contributed by atoms with van der Waals surface area (Å²) in [4.78, 5) is 11.7. The van der Waals surface area contributed by atoms with E-state index in [9.17, 15) is 4.79 Å². The van der Waals surface area contributed by atoms with Crippen molar-refractivity contribution in [3.63, 3.8) is 0 Å². The molecule has 0 radical (unpaired) electrons. The second kappa shape index (κ2) is 3.13. The van der Waals surface area contributed by atoms with E-state index in [0.717, 1.165) is 12.0 Å². The van der Waals surface area contributed by atoms with E-state index in [1.165, 1.54) is 6.42 Å². The molecule has 13 heavy (non-hydrogen) atoms. The normalized spacial score (nSPS) is 35.1. The Bertz CT molecular complexity index is 281. The maximum atomic E-state index is 11.7. The van der Waals surface area contributed by atoms with Gasteiger partial charge in [0.15, 0.2) is 5.78 Å². The predicted molar refractivity (Wildman–Crippen MR) is 53.3 cm³/mol. The minimum atomic E-state index is 0.296. The molecule has 3 unspecified atom stereocenters. The van der Waals surface area contributed by atoms with Gasteiger partial charge in [-0.3, -0.25) is 4.79 Å². The molecule has 1 fully saturated rings. The molecule has 1 saturated carbocycles. The first-order valence-corrected chi connectivity index (χ1v) is 5.04. The van der Waals surface area contributed by atoms with Crippen LogP contribution in [0.5, 0.6) is 0 Å². The fourth-order valence-electron chi connectivity index (χ4n) is 2.50. The van der Waals surface area contributed by atoms with E-state index in [4.69, 9.17) is 0 Å². The minimum Gasteiger partial charge on any atom is -0.295 e. The molecule has 70 valence electrons. The van der Waals surface area contributed by atoms with Gasteiger partial charge in [-0.2, -0.15) is 0 Å². The lowest BCUT2D eigenvalue weighted by molar-refractivity contribution is -0.118. The van der Waals surface area contributed by atoms with Crippen molar-refractivity contribution in [1.29, 1.82) is 0 Å². The number of hydrogen-bond donors (Lipinski definition) is 0. The van der Waals surface area contributed by atoms with Gasteiger partial charge in [-0.1, -0.05) is 17.7 Å². The summed E-state index contributed by atoms with van der Waals surface area (Å²) in [6.45, 7) is 3.97. The smallest absolute Gasteiger partial charge is 0.159 e. The molecule has 0 spiro atoms. The number of hydrogen-bond acceptors (Lipinski definition) is 1. The SMILES string of the molecule is CC(C)=CC(=O)C1CC2C=CC1C2. The summed E-state index contributed by atoms with van der Waals surface area (Å²) in [5.41, 5.74) is 1.12. The number of carbonyl (C=O) groups excluding carboxylic acids is 1. The van der Waals surface area contributed by atoms with E-state index in [1.807, 2.05) is 13.8 Å². The summed E-state index contributed by atoms with van der Waals surface area (Å²) in [7, 11) is 0. The Kier molecular flexibility index (Phi) is 2.10. The summed E-state index contributed by atoms with van der Waals surface area (Å²) < 4.78 is 0. The van der Waals surface area contributed by atoms with Crippen LogP contribution >= 0.6 is 0 Å². The molecule has 2 aliphatic rings. The summed E-state index contributed by atoms with van der Waals surface area (Å²) in [5, 5.41) is 0. The molecule has 0 amide bonds. The van der Waals surface area contributed by atoms with Crippen LogP contribution in [0.3, 0.4) is 0 Å². The van der Waals surface area contributed by atoms with Gasteiger partial charge in [0, 0.05) is 5.92 Å². The zero-order valence-electron chi connectivity index (χ0n) is 8.29. The standard InChI is InChI=1S/C12H16O/c1-8(2)5-12(13)11-7-9-3-4-10(11)6-9/h3-5,9-11H,6-7H2,1-2H3. The van der Waals surface area contributed by atoms with Crippen LogP contribution in [0, 0.1) is 17.8 Å². The van der Waals surface area contributed by atoms with Crippen LogP contribution in [0.4, 0.5) is 0 Å². The van der Waals surface area contributed by atoms with Crippen molar-refractivity contribution in [2.24, 2.45) is 17.8 Å². The average Bonchev–Trinajstić information content (AvgIpc) is 2.62. The minimum absolute atomic E-state index is 0.296. The molecule has 0 aromatic rings. The number of carbonyl (C=O) groups is 1. The molecular weight excluding hydrogens is 160 g/mol. The summed E-state index contributed by atoms with van der Waals surface area (Å²) in [6, 6.07) is 0. The molecule has 0 aliphatic heterocycles. The molecule has 0 saturated heterocycles. The van der Waals surface area contributed by atoms with Crippen LogP contribution in [0.25, 0.3) is 0 Å². The lowest BCUT2D eigenvalue weighted by atomic mass is 9.89.